The molecule has 1 aliphatic rings. The Hall–Kier alpha value is 0.231. The number of rotatable bonds is 9. The molecular formula is C26H56O4Si3. The third-order valence-corrected chi connectivity index (χ3v) is 22.3. The second kappa shape index (κ2) is 9.94. The second-order valence-corrected chi connectivity index (χ2v) is 29.0. The number of hydrogen-bond acceptors (Lipinski definition) is 4. The van der Waals surface area contributed by atoms with Gasteiger partial charge in [-0.25, -0.2) is 0 Å². The second-order valence-electron chi connectivity index (χ2n) is 14.6. The van der Waals surface area contributed by atoms with E-state index in [0.29, 0.717) is 19.6 Å². The molecule has 1 heterocycles. The summed E-state index contributed by atoms with van der Waals surface area (Å²) in [5.74, 6) is 0. The summed E-state index contributed by atoms with van der Waals surface area (Å²) in [5.41, 5.74) is -0.570. The number of hydrogen-bond donors (Lipinski definition) is 0. The van der Waals surface area contributed by atoms with Crippen LogP contribution in [0.5, 0.6) is 0 Å². The van der Waals surface area contributed by atoms with Crippen molar-refractivity contribution in [3.8, 4) is 0 Å². The van der Waals surface area contributed by atoms with Gasteiger partial charge < -0.3 is 18.0 Å². The lowest BCUT2D eigenvalue weighted by molar-refractivity contribution is -0.0835. The lowest BCUT2D eigenvalue weighted by Crippen LogP contribution is -2.58. The third-order valence-electron chi connectivity index (χ3n) is 8.84. The molecule has 1 aliphatic heterocycles. The Balaban J connectivity index is 3.44. The van der Waals surface area contributed by atoms with Crippen LogP contribution in [0.4, 0.5) is 0 Å². The first-order valence-corrected chi connectivity index (χ1v) is 21.4. The lowest BCUT2D eigenvalue weighted by atomic mass is 9.93. The van der Waals surface area contributed by atoms with E-state index < -0.39 is 30.6 Å². The zero-order chi connectivity index (χ0) is 26.3. The van der Waals surface area contributed by atoms with Crippen molar-refractivity contribution in [2.24, 2.45) is 0 Å². The first kappa shape index (κ1) is 31.3. The van der Waals surface area contributed by atoms with Gasteiger partial charge in [-0.2, -0.15) is 0 Å². The van der Waals surface area contributed by atoms with Crippen LogP contribution < -0.4 is 0 Å². The van der Waals surface area contributed by atoms with Crippen molar-refractivity contribution in [1.29, 1.82) is 0 Å². The molecule has 0 saturated carbocycles. The standard InChI is InChI=1S/C26H56O4Si3/c1-17-18-26(20-28-31(11,12)23(2,3)4)22(30-33(15,16)25(8,9)10)21(19-27-26)29-32(13,14)24(5,6)7/h17,21-22H,1,18-20H2,2-16H3/t21-,22+,26+/m1/s1. The van der Waals surface area contributed by atoms with Crippen LogP contribution in [0.2, 0.25) is 54.4 Å². The van der Waals surface area contributed by atoms with Crippen LogP contribution >= 0.6 is 0 Å². The Morgan fingerprint density at radius 2 is 1.21 bits per heavy atom. The zero-order valence-electron chi connectivity index (χ0n) is 24.7. The molecule has 4 nitrogen and oxygen atoms in total. The fourth-order valence-electron chi connectivity index (χ4n) is 3.21. The van der Waals surface area contributed by atoms with Crippen molar-refractivity contribution in [1.82, 2.24) is 0 Å². The Bertz CT molecular complexity index is 668. The van der Waals surface area contributed by atoms with Crippen LogP contribution in [0.15, 0.2) is 12.7 Å². The SMILES string of the molecule is C=CC[C@@]1(CO[Si](C)(C)C(C)(C)C)OC[C@@H](O[Si](C)(C)C(C)(C)C)[C@@H]1O[Si](C)(C)C(C)(C)C. The maximum absolute atomic E-state index is 7.15. The monoisotopic (exact) mass is 516 g/mol. The Morgan fingerprint density at radius 3 is 1.61 bits per heavy atom. The van der Waals surface area contributed by atoms with Gasteiger partial charge >= 0.3 is 0 Å². The van der Waals surface area contributed by atoms with E-state index in [9.17, 15) is 0 Å². The topological polar surface area (TPSA) is 36.9 Å². The van der Waals surface area contributed by atoms with Gasteiger partial charge in [-0.3, -0.25) is 0 Å². The normalized spacial score (nSPS) is 26.0. The zero-order valence-corrected chi connectivity index (χ0v) is 27.7. The van der Waals surface area contributed by atoms with Gasteiger partial charge in [0, 0.05) is 0 Å². The van der Waals surface area contributed by atoms with Crippen LogP contribution in [0, 0.1) is 0 Å². The molecule has 0 unspecified atom stereocenters. The molecule has 7 heteroatoms. The predicted octanol–water partition coefficient (Wildman–Crippen LogP) is 8.13. The summed E-state index contributed by atoms with van der Waals surface area (Å²) in [4.78, 5) is 0. The van der Waals surface area contributed by atoms with Crippen molar-refractivity contribution < 1.29 is 18.0 Å². The summed E-state index contributed by atoms with van der Waals surface area (Å²) in [5, 5.41) is 0.348. The summed E-state index contributed by atoms with van der Waals surface area (Å²) < 4.78 is 27.5. The molecule has 196 valence electrons. The molecule has 1 fully saturated rings. The summed E-state index contributed by atoms with van der Waals surface area (Å²) in [6.07, 6.45) is 2.39. The highest BCUT2D eigenvalue weighted by molar-refractivity contribution is 6.75. The van der Waals surface area contributed by atoms with Gasteiger partial charge in [-0.1, -0.05) is 68.4 Å². The van der Waals surface area contributed by atoms with Gasteiger partial charge in [0.2, 0.25) is 0 Å². The van der Waals surface area contributed by atoms with Gasteiger partial charge in [0.1, 0.15) is 11.7 Å². The summed E-state index contributed by atoms with van der Waals surface area (Å²) in [6.45, 7) is 39.6. The van der Waals surface area contributed by atoms with Crippen LogP contribution in [0.25, 0.3) is 0 Å². The summed E-state index contributed by atoms with van der Waals surface area (Å²) in [7, 11) is -6.06. The maximum atomic E-state index is 7.15. The smallest absolute Gasteiger partial charge is 0.192 e. The first-order valence-electron chi connectivity index (χ1n) is 12.7. The van der Waals surface area contributed by atoms with Crippen LogP contribution in [-0.2, 0) is 18.0 Å². The van der Waals surface area contributed by atoms with Gasteiger partial charge in [0.25, 0.3) is 0 Å². The molecule has 33 heavy (non-hydrogen) atoms. The maximum Gasteiger partial charge on any atom is 0.192 e. The van der Waals surface area contributed by atoms with E-state index >= 15 is 0 Å². The van der Waals surface area contributed by atoms with Crippen molar-refractivity contribution >= 4 is 25.0 Å². The molecular weight excluding hydrogens is 461 g/mol. The largest absolute Gasteiger partial charge is 0.414 e. The molecule has 0 aromatic carbocycles. The highest BCUT2D eigenvalue weighted by Crippen LogP contribution is 2.46. The minimum Gasteiger partial charge on any atom is -0.414 e. The predicted molar refractivity (Wildman–Crippen MR) is 151 cm³/mol. The van der Waals surface area contributed by atoms with Crippen molar-refractivity contribution in [2.75, 3.05) is 13.2 Å². The van der Waals surface area contributed by atoms with Crippen molar-refractivity contribution in [3.05, 3.63) is 12.7 Å². The third kappa shape index (κ3) is 7.14. The number of ether oxygens (including phenoxy) is 1. The van der Waals surface area contributed by atoms with E-state index in [1.165, 1.54) is 0 Å². The molecule has 0 radical (unpaired) electrons. The minimum absolute atomic E-state index is 0.0945. The minimum atomic E-state index is -2.09. The average Bonchev–Trinajstić information content (AvgIpc) is 2.88. The first-order chi connectivity index (χ1) is 14.4. The van der Waals surface area contributed by atoms with E-state index in [0.717, 1.165) is 0 Å². The van der Waals surface area contributed by atoms with Gasteiger partial charge in [0.05, 0.1) is 19.3 Å². The molecule has 0 aromatic heterocycles. The van der Waals surface area contributed by atoms with E-state index in [1.54, 1.807) is 0 Å². The molecule has 0 amide bonds. The summed E-state index contributed by atoms with van der Waals surface area (Å²) in [6, 6.07) is 0. The van der Waals surface area contributed by atoms with E-state index in [2.05, 4.69) is 108 Å². The quantitative estimate of drug-likeness (QED) is 0.229. The highest BCUT2D eigenvalue weighted by atomic mass is 28.4. The van der Waals surface area contributed by atoms with Gasteiger partial charge in [-0.15, -0.1) is 6.58 Å². The van der Waals surface area contributed by atoms with Crippen molar-refractivity contribution in [2.45, 2.75) is 141 Å². The Kier molecular flexibility index (Phi) is 9.42. The van der Waals surface area contributed by atoms with E-state index in [-0.39, 0.29) is 27.3 Å². The molecule has 1 saturated heterocycles. The molecule has 0 bridgehead atoms. The van der Waals surface area contributed by atoms with Crippen LogP contribution in [0.3, 0.4) is 0 Å². The van der Waals surface area contributed by atoms with Crippen LogP contribution in [-0.4, -0.2) is 56.0 Å². The van der Waals surface area contributed by atoms with Gasteiger partial charge in [-0.05, 0) is 60.8 Å². The van der Waals surface area contributed by atoms with Crippen molar-refractivity contribution in [3.63, 3.8) is 0 Å². The fraction of sp³-hybridized carbons (Fsp3) is 0.923. The van der Waals surface area contributed by atoms with Crippen LogP contribution in [0.1, 0.15) is 68.7 Å². The highest BCUT2D eigenvalue weighted by Gasteiger charge is 2.57. The summed E-state index contributed by atoms with van der Waals surface area (Å²) >= 11 is 0. The Morgan fingerprint density at radius 1 is 0.788 bits per heavy atom. The molecule has 1 rings (SSSR count). The lowest BCUT2D eigenvalue weighted by Gasteiger charge is -2.47. The molecule has 0 spiro atoms. The Labute approximate surface area is 209 Å². The molecule has 0 aromatic rings. The fourth-order valence-corrected chi connectivity index (χ4v) is 6.90. The molecule has 3 atom stereocenters. The van der Waals surface area contributed by atoms with E-state index in [1.807, 2.05) is 6.08 Å². The molecule has 0 N–H and O–H groups in total. The molecule has 0 aliphatic carbocycles. The van der Waals surface area contributed by atoms with E-state index in [4.69, 9.17) is 18.0 Å². The van der Waals surface area contributed by atoms with Gasteiger partial charge in [0.15, 0.2) is 25.0 Å². The average molecular weight is 517 g/mol.